The zero-order valence-corrected chi connectivity index (χ0v) is 22.7. The summed E-state index contributed by atoms with van der Waals surface area (Å²) in [6.07, 6.45) is 31.4. The van der Waals surface area contributed by atoms with Crippen molar-refractivity contribution in [2.75, 3.05) is 0 Å². The fraction of sp³-hybridized carbons (Fsp3) is 0.667. The molecule has 0 saturated heterocycles. The van der Waals surface area contributed by atoms with Crippen LogP contribution in [0.2, 0.25) is 0 Å². The van der Waals surface area contributed by atoms with Gasteiger partial charge in [-0.1, -0.05) is 147 Å². The van der Waals surface area contributed by atoms with Gasteiger partial charge in [0.05, 0.1) is 0 Å². The number of aromatic nitrogens is 1. The van der Waals surface area contributed by atoms with E-state index >= 15 is 0 Å². The van der Waals surface area contributed by atoms with Crippen molar-refractivity contribution in [1.82, 2.24) is 0 Å². The predicted octanol–water partition coefficient (Wildman–Crippen LogP) is 10.2. The molecular formula is C33H54N+. The number of unbranched alkanes of at least 4 members (excludes halogenated alkanes) is 16. The first-order chi connectivity index (χ1) is 16.8. The predicted molar refractivity (Wildman–Crippen MR) is 149 cm³/mol. The van der Waals surface area contributed by atoms with E-state index in [1.807, 2.05) is 0 Å². The van der Waals surface area contributed by atoms with Gasteiger partial charge in [0.25, 0.3) is 0 Å². The summed E-state index contributed by atoms with van der Waals surface area (Å²) < 4.78 is 2.41. The third-order valence-electron chi connectivity index (χ3n) is 7.38. The van der Waals surface area contributed by atoms with Crippen molar-refractivity contribution in [2.45, 2.75) is 142 Å². The van der Waals surface area contributed by atoms with E-state index in [1.165, 1.54) is 127 Å². The SMILES string of the molecule is CCCCCCCCCCCCCCCCCCCc1ccc[n+](C(CC)c2ccccc2)c1. The summed E-state index contributed by atoms with van der Waals surface area (Å²) in [5.74, 6) is 0. The Morgan fingerprint density at radius 1 is 0.559 bits per heavy atom. The molecule has 0 radical (unpaired) electrons. The van der Waals surface area contributed by atoms with Gasteiger partial charge in [-0.3, -0.25) is 0 Å². The highest BCUT2D eigenvalue weighted by Crippen LogP contribution is 2.17. The van der Waals surface area contributed by atoms with Crippen molar-refractivity contribution < 1.29 is 4.57 Å². The van der Waals surface area contributed by atoms with Crippen molar-refractivity contribution >= 4 is 0 Å². The largest absolute Gasteiger partial charge is 0.198 e. The van der Waals surface area contributed by atoms with Gasteiger partial charge in [-0.25, -0.2) is 0 Å². The van der Waals surface area contributed by atoms with Crippen LogP contribution in [0.3, 0.4) is 0 Å². The Morgan fingerprint density at radius 3 is 1.56 bits per heavy atom. The number of nitrogens with zero attached hydrogens (tertiary/aromatic N) is 1. The summed E-state index contributed by atoms with van der Waals surface area (Å²) in [6.45, 7) is 4.59. The molecule has 0 bridgehead atoms. The minimum absolute atomic E-state index is 0.441. The molecule has 0 aliphatic carbocycles. The number of hydrogen-bond acceptors (Lipinski definition) is 0. The van der Waals surface area contributed by atoms with Crippen LogP contribution >= 0.6 is 0 Å². The molecule has 2 rings (SSSR count). The van der Waals surface area contributed by atoms with E-state index in [4.69, 9.17) is 0 Å². The van der Waals surface area contributed by atoms with E-state index in [9.17, 15) is 0 Å². The summed E-state index contributed by atoms with van der Waals surface area (Å²) in [6, 6.07) is 15.9. The fourth-order valence-electron chi connectivity index (χ4n) is 5.23. The maximum Gasteiger partial charge on any atom is 0.183 e. The zero-order chi connectivity index (χ0) is 24.1. The molecule has 1 heterocycles. The lowest BCUT2D eigenvalue weighted by atomic mass is 10.0. The quantitative estimate of drug-likeness (QED) is 0.128. The van der Waals surface area contributed by atoms with Crippen molar-refractivity contribution in [1.29, 1.82) is 0 Å². The first-order valence-corrected chi connectivity index (χ1v) is 14.9. The van der Waals surface area contributed by atoms with Crippen LogP contribution in [0.25, 0.3) is 0 Å². The fourth-order valence-corrected chi connectivity index (χ4v) is 5.23. The molecule has 190 valence electrons. The van der Waals surface area contributed by atoms with Gasteiger partial charge in [0, 0.05) is 23.6 Å². The van der Waals surface area contributed by atoms with Crippen molar-refractivity contribution in [3.8, 4) is 0 Å². The van der Waals surface area contributed by atoms with E-state index in [0.717, 1.165) is 6.42 Å². The van der Waals surface area contributed by atoms with Crippen LogP contribution in [-0.4, -0.2) is 0 Å². The molecular weight excluding hydrogens is 410 g/mol. The Bertz CT molecular complexity index is 707. The van der Waals surface area contributed by atoms with Crippen LogP contribution in [-0.2, 0) is 6.42 Å². The first kappa shape index (κ1) is 28.6. The highest BCUT2D eigenvalue weighted by Gasteiger charge is 2.18. The summed E-state index contributed by atoms with van der Waals surface area (Å²) in [4.78, 5) is 0. The summed E-state index contributed by atoms with van der Waals surface area (Å²) in [5.41, 5.74) is 2.89. The van der Waals surface area contributed by atoms with Crippen molar-refractivity contribution in [2.24, 2.45) is 0 Å². The molecule has 0 N–H and O–H groups in total. The Morgan fingerprint density at radius 2 is 1.06 bits per heavy atom. The zero-order valence-electron chi connectivity index (χ0n) is 22.7. The third-order valence-corrected chi connectivity index (χ3v) is 7.38. The number of benzene rings is 1. The molecule has 0 aliphatic heterocycles. The maximum absolute atomic E-state index is 2.41. The highest BCUT2D eigenvalue weighted by atomic mass is 15.0. The molecule has 1 heteroatoms. The second kappa shape index (κ2) is 19.7. The number of aryl methyl sites for hydroxylation is 1. The molecule has 34 heavy (non-hydrogen) atoms. The number of pyridine rings is 1. The molecule has 0 spiro atoms. The molecule has 0 fully saturated rings. The van der Waals surface area contributed by atoms with Gasteiger partial charge in [0.1, 0.15) is 0 Å². The van der Waals surface area contributed by atoms with Gasteiger partial charge < -0.3 is 0 Å². The van der Waals surface area contributed by atoms with Crippen LogP contribution in [0, 0.1) is 0 Å². The van der Waals surface area contributed by atoms with Gasteiger partial charge in [0.2, 0.25) is 0 Å². The Labute approximate surface area is 212 Å². The van der Waals surface area contributed by atoms with E-state index in [2.05, 4.69) is 73.3 Å². The Kier molecular flexibility index (Phi) is 16.5. The van der Waals surface area contributed by atoms with Crippen LogP contribution in [0.15, 0.2) is 54.9 Å². The van der Waals surface area contributed by atoms with Crippen LogP contribution in [0.5, 0.6) is 0 Å². The van der Waals surface area contributed by atoms with E-state index < -0.39 is 0 Å². The van der Waals surface area contributed by atoms with Crippen LogP contribution < -0.4 is 4.57 Å². The first-order valence-electron chi connectivity index (χ1n) is 14.9. The summed E-state index contributed by atoms with van der Waals surface area (Å²) in [7, 11) is 0. The lowest BCUT2D eigenvalue weighted by Crippen LogP contribution is -2.39. The molecule has 1 aromatic heterocycles. The monoisotopic (exact) mass is 464 g/mol. The number of hydrogen-bond donors (Lipinski definition) is 0. The molecule has 1 nitrogen and oxygen atoms in total. The van der Waals surface area contributed by atoms with Crippen molar-refractivity contribution in [3.63, 3.8) is 0 Å². The van der Waals surface area contributed by atoms with E-state index in [-0.39, 0.29) is 0 Å². The topological polar surface area (TPSA) is 3.88 Å². The average molecular weight is 465 g/mol. The maximum atomic E-state index is 2.41. The molecule has 0 saturated carbocycles. The normalized spacial score (nSPS) is 12.2. The minimum atomic E-state index is 0.441. The smallest absolute Gasteiger partial charge is 0.183 e. The molecule has 1 unspecified atom stereocenters. The van der Waals surface area contributed by atoms with Gasteiger partial charge in [0.15, 0.2) is 18.4 Å². The van der Waals surface area contributed by atoms with Gasteiger partial charge >= 0.3 is 0 Å². The molecule has 2 aromatic rings. The Hall–Kier alpha value is -1.63. The Balaban J connectivity index is 1.45. The van der Waals surface area contributed by atoms with Crippen molar-refractivity contribution in [3.05, 3.63) is 66.0 Å². The van der Waals surface area contributed by atoms with Gasteiger partial charge in [-0.2, -0.15) is 4.57 Å². The lowest BCUT2D eigenvalue weighted by Gasteiger charge is -2.11. The number of rotatable bonds is 21. The minimum Gasteiger partial charge on any atom is -0.198 e. The molecule has 0 amide bonds. The molecule has 0 aliphatic rings. The third kappa shape index (κ3) is 12.7. The molecule has 1 atom stereocenters. The lowest BCUT2D eigenvalue weighted by molar-refractivity contribution is -0.714. The van der Waals surface area contributed by atoms with Gasteiger partial charge in [-0.15, -0.1) is 0 Å². The second-order valence-corrected chi connectivity index (χ2v) is 10.4. The summed E-state index contributed by atoms with van der Waals surface area (Å²) in [5, 5.41) is 0. The van der Waals surface area contributed by atoms with Crippen LogP contribution in [0.4, 0.5) is 0 Å². The average Bonchev–Trinajstić information content (AvgIpc) is 2.87. The standard InChI is InChI=1S/C33H54N/c1-3-5-6-7-8-9-10-11-12-13-14-15-16-17-18-19-21-25-31-26-24-29-34(30-31)33(4-2)32-27-22-20-23-28-32/h20,22-24,26-30,33H,3-19,21,25H2,1-2H3/q+1. The highest BCUT2D eigenvalue weighted by molar-refractivity contribution is 5.17. The second-order valence-electron chi connectivity index (χ2n) is 10.4. The van der Waals surface area contributed by atoms with Gasteiger partial charge in [-0.05, 0) is 18.9 Å². The van der Waals surface area contributed by atoms with E-state index in [1.54, 1.807) is 0 Å². The summed E-state index contributed by atoms with van der Waals surface area (Å²) >= 11 is 0. The van der Waals surface area contributed by atoms with E-state index in [0.29, 0.717) is 6.04 Å². The molecule has 1 aromatic carbocycles. The van der Waals surface area contributed by atoms with Crippen LogP contribution in [0.1, 0.15) is 147 Å².